The second-order valence-electron chi connectivity index (χ2n) is 3.70. The quantitative estimate of drug-likeness (QED) is 0.612. The summed E-state index contributed by atoms with van der Waals surface area (Å²) >= 11 is 0. The Bertz CT molecular complexity index is 138. The largest absolute Gasteiger partial charge is 0.324 e. The third-order valence-corrected chi connectivity index (χ3v) is 2.37. The zero-order chi connectivity index (χ0) is 8.32. The Morgan fingerprint density at radius 3 is 2.64 bits per heavy atom. The SMILES string of the molecule is C=CCN(C)CC1(N)CCC1. The van der Waals surface area contributed by atoms with Gasteiger partial charge in [-0.1, -0.05) is 6.08 Å². The molecule has 0 aliphatic heterocycles. The first-order valence-electron chi connectivity index (χ1n) is 4.25. The molecule has 1 aliphatic rings. The molecule has 0 aromatic rings. The Labute approximate surface area is 69.1 Å². The molecule has 0 bridgehead atoms. The van der Waals surface area contributed by atoms with Gasteiger partial charge in [0.15, 0.2) is 0 Å². The summed E-state index contributed by atoms with van der Waals surface area (Å²) in [5, 5.41) is 0. The molecule has 2 nitrogen and oxygen atoms in total. The van der Waals surface area contributed by atoms with Gasteiger partial charge in [0, 0.05) is 18.6 Å². The number of nitrogens with zero attached hydrogens (tertiary/aromatic N) is 1. The lowest BCUT2D eigenvalue weighted by Gasteiger charge is -2.40. The van der Waals surface area contributed by atoms with Crippen LogP contribution in [0.25, 0.3) is 0 Å². The Balaban J connectivity index is 2.23. The maximum Gasteiger partial charge on any atom is 0.0283 e. The molecule has 1 saturated carbocycles. The molecular formula is C9H18N2. The minimum absolute atomic E-state index is 0.123. The molecule has 0 amide bonds. The van der Waals surface area contributed by atoms with Crippen molar-refractivity contribution in [2.75, 3.05) is 20.1 Å². The van der Waals surface area contributed by atoms with Crippen LogP contribution in [0.3, 0.4) is 0 Å². The second-order valence-corrected chi connectivity index (χ2v) is 3.70. The molecule has 11 heavy (non-hydrogen) atoms. The van der Waals surface area contributed by atoms with E-state index in [0.29, 0.717) is 0 Å². The molecule has 64 valence electrons. The van der Waals surface area contributed by atoms with E-state index in [2.05, 4.69) is 18.5 Å². The van der Waals surface area contributed by atoms with Gasteiger partial charge in [0.05, 0.1) is 0 Å². The topological polar surface area (TPSA) is 29.3 Å². The molecule has 0 spiro atoms. The second kappa shape index (κ2) is 3.37. The molecule has 0 saturated heterocycles. The van der Waals surface area contributed by atoms with Gasteiger partial charge in [0.25, 0.3) is 0 Å². The lowest BCUT2D eigenvalue weighted by Crippen LogP contribution is -2.54. The molecule has 0 unspecified atom stereocenters. The van der Waals surface area contributed by atoms with Crippen LogP contribution in [0.15, 0.2) is 12.7 Å². The average molecular weight is 154 g/mol. The monoisotopic (exact) mass is 154 g/mol. The number of rotatable bonds is 4. The summed E-state index contributed by atoms with van der Waals surface area (Å²) in [4.78, 5) is 2.23. The molecule has 1 fully saturated rings. The zero-order valence-electron chi connectivity index (χ0n) is 7.34. The van der Waals surface area contributed by atoms with E-state index in [9.17, 15) is 0 Å². The Kier molecular flexibility index (Phi) is 2.68. The van der Waals surface area contributed by atoms with Crippen molar-refractivity contribution in [3.05, 3.63) is 12.7 Å². The number of hydrogen-bond donors (Lipinski definition) is 1. The highest BCUT2D eigenvalue weighted by atomic mass is 15.1. The van der Waals surface area contributed by atoms with E-state index in [-0.39, 0.29) is 5.54 Å². The van der Waals surface area contributed by atoms with Crippen molar-refractivity contribution in [3.8, 4) is 0 Å². The summed E-state index contributed by atoms with van der Waals surface area (Å²) in [6, 6.07) is 0. The summed E-state index contributed by atoms with van der Waals surface area (Å²) < 4.78 is 0. The van der Waals surface area contributed by atoms with Crippen LogP contribution in [0.2, 0.25) is 0 Å². The van der Waals surface area contributed by atoms with Gasteiger partial charge in [0.2, 0.25) is 0 Å². The van der Waals surface area contributed by atoms with Crippen LogP contribution in [-0.4, -0.2) is 30.6 Å². The van der Waals surface area contributed by atoms with Crippen LogP contribution in [0.5, 0.6) is 0 Å². The first-order valence-corrected chi connectivity index (χ1v) is 4.25. The van der Waals surface area contributed by atoms with Crippen molar-refractivity contribution in [2.24, 2.45) is 5.73 Å². The normalized spacial score (nSPS) is 21.4. The maximum absolute atomic E-state index is 6.06. The van der Waals surface area contributed by atoms with E-state index in [0.717, 1.165) is 13.1 Å². The van der Waals surface area contributed by atoms with Crippen LogP contribution in [0.1, 0.15) is 19.3 Å². The van der Waals surface area contributed by atoms with Gasteiger partial charge in [-0.2, -0.15) is 0 Å². The van der Waals surface area contributed by atoms with Crippen molar-refractivity contribution in [3.63, 3.8) is 0 Å². The van der Waals surface area contributed by atoms with Gasteiger partial charge in [-0.05, 0) is 26.3 Å². The van der Waals surface area contributed by atoms with E-state index in [1.54, 1.807) is 0 Å². The minimum atomic E-state index is 0.123. The molecule has 0 aromatic carbocycles. The molecule has 0 atom stereocenters. The van der Waals surface area contributed by atoms with Crippen LogP contribution in [0.4, 0.5) is 0 Å². The van der Waals surface area contributed by atoms with E-state index in [4.69, 9.17) is 5.73 Å². The molecule has 1 rings (SSSR count). The van der Waals surface area contributed by atoms with Gasteiger partial charge in [-0.25, -0.2) is 0 Å². The van der Waals surface area contributed by atoms with Crippen molar-refractivity contribution in [2.45, 2.75) is 24.8 Å². The van der Waals surface area contributed by atoms with Crippen LogP contribution in [0, 0.1) is 0 Å². The van der Waals surface area contributed by atoms with Crippen molar-refractivity contribution >= 4 is 0 Å². The van der Waals surface area contributed by atoms with Crippen LogP contribution in [-0.2, 0) is 0 Å². The molecule has 0 aromatic heterocycles. The molecule has 2 heteroatoms. The third-order valence-electron chi connectivity index (χ3n) is 2.37. The fourth-order valence-electron chi connectivity index (χ4n) is 1.61. The lowest BCUT2D eigenvalue weighted by molar-refractivity contribution is 0.174. The fraction of sp³-hybridized carbons (Fsp3) is 0.778. The van der Waals surface area contributed by atoms with Gasteiger partial charge in [-0.3, -0.25) is 0 Å². The smallest absolute Gasteiger partial charge is 0.0283 e. The predicted octanol–water partition coefficient (Wildman–Crippen LogP) is 0.986. The Morgan fingerprint density at radius 2 is 2.27 bits per heavy atom. The molecule has 2 N–H and O–H groups in total. The fourth-order valence-corrected chi connectivity index (χ4v) is 1.61. The highest BCUT2D eigenvalue weighted by molar-refractivity contribution is 4.95. The number of nitrogens with two attached hydrogens (primary N) is 1. The maximum atomic E-state index is 6.06. The molecular weight excluding hydrogens is 136 g/mol. The van der Waals surface area contributed by atoms with Crippen molar-refractivity contribution < 1.29 is 0 Å². The number of hydrogen-bond acceptors (Lipinski definition) is 2. The van der Waals surface area contributed by atoms with Gasteiger partial charge >= 0.3 is 0 Å². The van der Waals surface area contributed by atoms with Gasteiger partial charge in [0.1, 0.15) is 0 Å². The molecule has 0 radical (unpaired) electrons. The summed E-state index contributed by atoms with van der Waals surface area (Å²) in [6.07, 6.45) is 5.60. The first kappa shape index (κ1) is 8.75. The summed E-state index contributed by atoms with van der Waals surface area (Å²) in [5.74, 6) is 0. The van der Waals surface area contributed by atoms with Gasteiger partial charge in [-0.15, -0.1) is 6.58 Å². The first-order chi connectivity index (χ1) is 5.16. The summed E-state index contributed by atoms with van der Waals surface area (Å²) in [7, 11) is 2.09. The van der Waals surface area contributed by atoms with Crippen molar-refractivity contribution in [1.29, 1.82) is 0 Å². The van der Waals surface area contributed by atoms with E-state index in [1.165, 1.54) is 19.3 Å². The lowest BCUT2D eigenvalue weighted by atomic mass is 9.77. The Morgan fingerprint density at radius 1 is 1.64 bits per heavy atom. The average Bonchev–Trinajstić information content (AvgIpc) is 1.85. The van der Waals surface area contributed by atoms with Gasteiger partial charge < -0.3 is 10.6 Å². The van der Waals surface area contributed by atoms with Crippen LogP contribution >= 0.6 is 0 Å². The highest BCUT2D eigenvalue weighted by Crippen LogP contribution is 2.29. The van der Waals surface area contributed by atoms with E-state index in [1.807, 2.05) is 6.08 Å². The highest BCUT2D eigenvalue weighted by Gasteiger charge is 2.32. The predicted molar refractivity (Wildman–Crippen MR) is 48.5 cm³/mol. The summed E-state index contributed by atoms with van der Waals surface area (Å²) in [6.45, 7) is 5.65. The summed E-state index contributed by atoms with van der Waals surface area (Å²) in [5.41, 5.74) is 6.18. The van der Waals surface area contributed by atoms with E-state index < -0.39 is 0 Å². The Hall–Kier alpha value is -0.340. The zero-order valence-corrected chi connectivity index (χ0v) is 7.34. The standard InChI is InChI=1S/C9H18N2/c1-3-7-11(2)8-9(10)5-4-6-9/h3H,1,4-8,10H2,2H3. The van der Waals surface area contributed by atoms with E-state index >= 15 is 0 Å². The molecule has 1 aliphatic carbocycles. The van der Waals surface area contributed by atoms with Crippen molar-refractivity contribution in [1.82, 2.24) is 4.90 Å². The van der Waals surface area contributed by atoms with Crippen LogP contribution < -0.4 is 5.73 Å². The molecule has 0 heterocycles. The number of likely N-dealkylation sites (N-methyl/N-ethyl adjacent to an activating group) is 1. The minimum Gasteiger partial charge on any atom is -0.324 e. The third kappa shape index (κ3) is 2.31.